The van der Waals surface area contributed by atoms with Crippen molar-refractivity contribution in [2.24, 2.45) is 0 Å². The van der Waals surface area contributed by atoms with Crippen LogP contribution in [0.5, 0.6) is 0 Å². The summed E-state index contributed by atoms with van der Waals surface area (Å²) in [6.45, 7) is 8.84. The molecule has 7 heteroatoms. The maximum atomic E-state index is 13.0. The average Bonchev–Trinajstić information content (AvgIpc) is 2.69. The monoisotopic (exact) mass is 419 g/mol. The maximum Gasteiger partial charge on any atom is 0.416 e. The van der Waals surface area contributed by atoms with Crippen LogP contribution >= 0.6 is 0 Å². The first-order valence-corrected chi connectivity index (χ1v) is 10.2. The summed E-state index contributed by atoms with van der Waals surface area (Å²) in [6, 6.07) is 11.4. The molecule has 0 aliphatic carbocycles. The van der Waals surface area contributed by atoms with E-state index in [9.17, 15) is 18.0 Å². The molecule has 0 spiro atoms. The number of benzene rings is 2. The summed E-state index contributed by atoms with van der Waals surface area (Å²) < 4.78 is 38.9. The van der Waals surface area contributed by atoms with E-state index >= 15 is 0 Å². The van der Waals surface area contributed by atoms with Gasteiger partial charge in [0.1, 0.15) is 0 Å². The van der Waals surface area contributed by atoms with Crippen LogP contribution in [0.1, 0.15) is 36.5 Å². The zero-order valence-corrected chi connectivity index (χ0v) is 17.6. The summed E-state index contributed by atoms with van der Waals surface area (Å²) in [7, 11) is 0. The van der Waals surface area contributed by atoms with Gasteiger partial charge < -0.3 is 10.2 Å². The number of carbonyl (C=O) groups is 1. The first kappa shape index (κ1) is 22.2. The molecule has 0 radical (unpaired) electrons. The number of rotatable bonds is 5. The van der Waals surface area contributed by atoms with Crippen molar-refractivity contribution in [2.75, 3.05) is 42.9 Å². The highest BCUT2D eigenvalue weighted by molar-refractivity contribution is 5.94. The molecule has 4 nitrogen and oxygen atoms in total. The van der Waals surface area contributed by atoms with Crippen molar-refractivity contribution in [1.82, 2.24) is 4.90 Å². The number of para-hydroxylation sites is 1. The quantitative estimate of drug-likeness (QED) is 0.749. The maximum absolute atomic E-state index is 13.0. The van der Waals surface area contributed by atoms with E-state index in [1.807, 2.05) is 34.9 Å². The van der Waals surface area contributed by atoms with Crippen molar-refractivity contribution in [1.29, 1.82) is 0 Å². The van der Waals surface area contributed by atoms with Gasteiger partial charge in [0.2, 0.25) is 5.91 Å². The fraction of sp³-hybridized carbons (Fsp3) is 0.435. The van der Waals surface area contributed by atoms with Crippen LogP contribution in [0.2, 0.25) is 0 Å². The number of hydrogen-bond donors (Lipinski definition) is 1. The van der Waals surface area contributed by atoms with Crippen molar-refractivity contribution in [3.05, 3.63) is 59.2 Å². The van der Waals surface area contributed by atoms with Gasteiger partial charge in [-0.3, -0.25) is 9.69 Å². The summed E-state index contributed by atoms with van der Waals surface area (Å²) >= 11 is 0. The molecule has 1 fully saturated rings. The van der Waals surface area contributed by atoms with Gasteiger partial charge in [0.15, 0.2) is 0 Å². The Morgan fingerprint density at radius 2 is 1.73 bits per heavy atom. The molecule has 1 saturated heterocycles. The van der Waals surface area contributed by atoms with Crippen LogP contribution in [0.4, 0.5) is 24.5 Å². The largest absolute Gasteiger partial charge is 0.416 e. The lowest BCUT2D eigenvalue weighted by atomic mass is 9.98. The number of alkyl halides is 3. The van der Waals surface area contributed by atoms with Crippen LogP contribution in [0.3, 0.4) is 0 Å². The Morgan fingerprint density at radius 1 is 1.07 bits per heavy atom. The summed E-state index contributed by atoms with van der Waals surface area (Å²) in [5.41, 5.74) is 2.94. The normalized spacial score (nSPS) is 15.5. The Balaban J connectivity index is 1.57. The van der Waals surface area contributed by atoms with Gasteiger partial charge in [-0.15, -0.1) is 0 Å². The highest BCUT2D eigenvalue weighted by Gasteiger charge is 2.31. The van der Waals surface area contributed by atoms with E-state index in [4.69, 9.17) is 0 Å². The molecule has 1 N–H and O–H groups in total. The number of hydrogen-bond acceptors (Lipinski definition) is 3. The molecule has 1 amide bonds. The lowest BCUT2D eigenvalue weighted by Crippen LogP contribution is -2.48. The standard InChI is InChI=1S/C23H28F3N3O/c1-16(2)20-9-4-6-17(3)22(20)27-21(30)15-28-10-12-29(13-11-28)19-8-5-7-18(14-19)23(24,25)26/h4-9,14,16H,10-13,15H2,1-3H3,(H,27,30). The SMILES string of the molecule is Cc1cccc(C(C)C)c1NC(=O)CN1CCN(c2cccc(C(F)(F)F)c2)CC1. The number of nitrogens with one attached hydrogen (secondary N) is 1. The summed E-state index contributed by atoms with van der Waals surface area (Å²) in [5, 5.41) is 3.06. The summed E-state index contributed by atoms with van der Waals surface area (Å²) in [6.07, 6.45) is -4.35. The zero-order chi connectivity index (χ0) is 21.9. The van der Waals surface area contributed by atoms with Gasteiger partial charge in [0.25, 0.3) is 0 Å². The third-order valence-electron chi connectivity index (χ3n) is 5.47. The van der Waals surface area contributed by atoms with E-state index in [1.165, 1.54) is 12.1 Å². The first-order valence-electron chi connectivity index (χ1n) is 10.2. The zero-order valence-electron chi connectivity index (χ0n) is 17.6. The molecule has 0 bridgehead atoms. The molecule has 2 aromatic rings. The van der Waals surface area contributed by atoms with E-state index in [0.29, 0.717) is 37.8 Å². The van der Waals surface area contributed by atoms with E-state index in [-0.39, 0.29) is 12.5 Å². The van der Waals surface area contributed by atoms with Crippen LogP contribution < -0.4 is 10.2 Å². The van der Waals surface area contributed by atoms with E-state index in [1.54, 1.807) is 6.07 Å². The van der Waals surface area contributed by atoms with E-state index in [2.05, 4.69) is 19.2 Å². The molecule has 2 aromatic carbocycles. The second kappa shape index (κ2) is 9.08. The molecular formula is C23H28F3N3O. The third kappa shape index (κ3) is 5.33. The van der Waals surface area contributed by atoms with Crippen molar-refractivity contribution < 1.29 is 18.0 Å². The van der Waals surface area contributed by atoms with E-state index in [0.717, 1.165) is 22.9 Å². The highest BCUT2D eigenvalue weighted by atomic mass is 19.4. The topological polar surface area (TPSA) is 35.6 Å². The fourth-order valence-electron chi connectivity index (χ4n) is 3.77. The molecule has 0 aromatic heterocycles. The number of amides is 1. The number of aryl methyl sites for hydroxylation is 1. The average molecular weight is 419 g/mol. The molecule has 1 aliphatic rings. The Hall–Kier alpha value is -2.54. The summed E-state index contributed by atoms with van der Waals surface area (Å²) in [4.78, 5) is 16.6. The molecule has 0 atom stereocenters. The predicted octanol–water partition coefficient (Wildman–Crippen LogP) is 4.90. The summed E-state index contributed by atoms with van der Waals surface area (Å²) in [5.74, 6) is 0.231. The molecule has 0 unspecified atom stereocenters. The number of carbonyl (C=O) groups excluding carboxylic acids is 1. The van der Waals surface area contributed by atoms with Gasteiger partial charge in [-0.1, -0.05) is 38.1 Å². The number of nitrogens with zero attached hydrogens (tertiary/aromatic N) is 2. The van der Waals surface area contributed by atoms with Crippen molar-refractivity contribution >= 4 is 17.3 Å². The van der Waals surface area contributed by atoms with Gasteiger partial charge in [-0.25, -0.2) is 0 Å². The Morgan fingerprint density at radius 3 is 2.37 bits per heavy atom. The van der Waals surface area contributed by atoms with Crippen LogP contribution in [0, 0.1) is 6.92 Å². The molecule has 0 saturated carbocycles. The highest BCUT2D eigenvalue weighted by Crippen LogP contribution is 2.32. The third-order valence-corrected chi connectivity index (χ3v) is 5.47. The van der Waals surface area contributed by atoms with E-state index < -0.39 is 11.7 Å². The lowest BCUT2D eigenvalue weighted by molar-refractivity contribution is -0.137. The minimum atomic E-state index is -4.35. The lowest BCUT2D eigenvalue weighted by Gasteiger charge is -2.36. The molecule has 1 aliphatic heterocycles. The Bertz CT molecular complexity index is 888. The van der Waals surface area contributed by atoms with Crippen LogP contribution in [-0.2, 0) is 11.0 Å². The molecule has 3 rings (SSSR count). The number of piperazine rings is 1. The van der Waals surface area contributed by atoms with Crippen LogP contribution in [0.25, 0.3) is 0 Å². The van der Waals surface area contributed by atoms with Gasteiger partial charge >= 0.3 is 6.18 Å². The van der Waals surface area contributed by atoms with Crippen LogP contribution in [0.15, 0.2) is 42.5 Å². The van der Waals surface area contributed by atoms with Crippen LogP contribution in [-0.4, -0.2) is 43.5 Å². The van der Waals surface area contributed by atoms with Gasteiger partial charge in [0.05, 0.1) is 12.1 Å². The minimum Gasteiger partial charge on any atom is -0.369 e. The van der Waals surface area contributed by atoms with Crippen molar-refractivity contribution in [2.45, 2.75) is 32.9 Å². The second-order valence-electron chi connectivity index (χ2n) is 8.05. The molecule has 1 heterocycles. The van der Waals surface area contributed by atoms with Gasteiger partial charge in [-0.2, -0.15) is 13.2 Å². The molecule has 162 valence electrons. The van der Waals surface area contributed by atoms with Gasteiger partial charge in [-0.05, 0) is 42.2 Å². The Kier molecular flexibility index (Phi) is 6.71. The number of halogens is 3. The smallest absolute Gasteiger partial charge is 0.369 e. The van der Waals surface area contributed by atoms with Crippen molar-refractivity contribution in [3.8, 4) is 0 Å². The number of anilines is 2. The van der Waals surface area contributed by atoms with Crippen molar-refractivity contribution in [3.63, 3.8) is 0 Å². The second-order valence-corrected chi connectivity index (χ2v) is 8.05. The molecule has 30 heavy (non-hydrogen) atoms. The first-order chi connectivity index (χ1) is 14.1. The Labute approximate surface area is 175 Å². The fourth-order valence-corrected chi connectivity index (χ4v) is 3.77. The predicted molar refractivity (Wildman–Crippen MR) is 114 cm³/mol. The minimum absolute atomic E-state index is 0.0706. The molecular weight excluding hydrogens is 391 g/mol. The van der Waals surface area contributed by atoms with Gasteiger partial charge in [0, 0.05) is 37.6 Å².